The summed E-state index contributed by atoms with van der Waals surface area (Å²) in [6.07, 6.45) is 4.39. The molecule has 2 saturated heterocycles. The largest absolute Gasteiger partial charge is 0.444 e. The van der Waals surface area contributed by atoms with E-state index in [1.54, 1.807) is 0 Å². The van der Waals surface area contributed by atoms with Gasteiger partial charge in [0, 0.05) is 44.3 Å². The van der Waals surface area contributed by atoms with Crippen LogP contribution in [0.5, 0.6) is 0 Å². The molecule has 0 aromatic carbocycles. The third-order valence-corrected chi connectivity index (χ3v) is 5.11. The fraction of sp³-hybridized carbons (Fsp3) is 0.941. The molecule has 134 valence electrons. The molecule has 1 amide bonds. The predicted octanol–water partition coefficient (Wildman–Crippen LogP) is 1.40. The Bertz CT molecular complexity index is 397. The first-order valence-corrected chi connectivity index (χ1v) is 8.93. The molecule has 3 N–H and O–H groups in total. The van der Waals surface area contributed by atoms with Crippen molar-refractivity contribution in [1.82, 2.24) is 15.1 Å². The van der Waals surface area contributed by atoms with Crippen molar-refractivity contribution >= 4 is 6.09 Å². The lowest BCUT2D eigenvalue weighted by molar-refractivity contribution is 0.0521. The lowest BCUT2D eigenvalue weighted by atomic mass is 10.1. The first-order valence-electron chi connectivity index (χ1n) is 8.93. The molecule has 23 heavy (non-hydrogen) atoms. The van der Waals surface area contributed by atoms with Crippen molar-refractivity contribution in [1.29, 1.82) is 0 Å². The third kappa shape index (κ3) is 5.33. The molecule has 0 spiro atoms. The molecule has 2 heterocycles. The zero-order chi connectivity index (χ0) is 17.0. The Balaban J connectivity index is 1.78. The fourth-order valence-corrected chi connectivity index (χ4v) is 3.77. The zero-order valence-electron chi connectivity index (χ0n) is 15.2. The molecule has 2 fully saturated rings. The molecule has 0 aliphatic carbocycles. The number of likely N-dealkylation sites (tertiary alicyclic amines) is 1. The SMILES string of the molecule is CN1C2CCC1CN(C(CN)CCNC(=O)OC(C)(C)C)CC2. The molecule has 3 unspecified atom stereocenters. The number of nitrogens with zero attached hydrogens (tertiary/aromatic N) is 2. The number of ether oxygens (including phenoxy) is 1. The highest BCUT2D eigenvalue weighted by molar-refractivity contribution is 5.67. The normalized spacial score (nSPS) is 27.5. The highest BCUT2D eigenvalue weighted by atomic mass is 16.6. The van der Waals surface area contributed by atoms with E-state index in [1.165, 1.54) is 19.3 Å². The first-order chi connectivity index (χ1) is 10.8. The second kappa shape index (κ2) is 7.81. The summed E-state index contributed by atoms with van der Waals surface area (Å²) in [6, 6.07) is 1.73. The summed E-state index contributed by atoms with van der Waals surface area (Å²) in [5.41, 5.74) is 5.55. The third-order valence-electron chi connectivity index (χ3n) is 5.11. The molecular weight excluding hydrogens is 292 g/mol. The van der Waals surface area contributed by atoms with Gasteiger partial charge in [0.1, 0.15) is 5.60 Å². The van der Waals surface area contributed by atoms with Crippen LogP contribution in [-0.4, -0.2) is 72.8 Å². The van der Waals surface area contributed by atoms with Crippen LogP contribution < -0.4 is 11.1 Å². The van der Waals surface area contributed by atoms with Crippen molar-refractivity contribution in [3.8, 4) is 0 Å². The molecule has 6 nitrogen and oxygen atoms in total. The molecule has 0 radical (unpaired) electrons. The van der Waals surface area contributed by atoms with Gasteiger partial charge in [-0.2, -0.15) is 0 Å². The number of alkyl carbamates (subject to hydrolysis) is 1. The summed E-state index contributed by atoms with van der Waals surface area (Å²) in [5, 5.41) is 2.85. The maximum Gasteiger partial charge on any atom is 0.407 e. The van der Waals surface area contributed by atoms with E-state index in [2.05, 4.69) is 22.2 Å². The summed E-state index contributed by atoms with van der Waals surface area (Å²) >= 11 is 0. The van der Waals surface area contributed by atoms with E-state index in [0.717, 1.165) is 25.6 Å². The molecule has 3 atom stereocenters. The number of hydrogen-bond acceptors (Lipinski definition) is 5. The van der Waals surface area contributed by atoms with E-state index in [9.17, 15) is 4.79 Å². The minimum absolute atomic E-state index is 0.331. The summed E-state index contributed by atoms with van der Waals surface area (Å²) in [5.74, 6) is 0. The number of hydrogen-bond donors (Lipinski definition) is 2. The van der Waals surface area contributed by atoms with E-state index in [-0.39, 0.29) is 6.09 Å². The van der Waals surface area contributed by atoms with Crippen LogP contribution in [0.1, 0.15) is 46.5 Å². The predicted molar refractivity (Wildman–Crippen MR) is 92.5 cm³/mol. The quantitative estimate of drug-likeness (QED) is 0.799. The van der Waals surface area contributed by atoms with Gasteiger partial charge in [-0.1, -0.05) is 0 Å². The van der Waals surface area contributed by atoms with Crippen molar-refractivity contribution in [3.05, 3.63) is 0 Å². The molecule has 6 heteroatoms. The molecule has 2 aliphatic rings. The Kier molecular flexibility index (Phi) is 6.28. The minimum Gasteiger partial charge on any atom is -0.444 e. The van der Waals surface area contributed by atoms with E-state index in [0.29, 0.717) is 25.2 Å². The van der Waals surface area contributed by atoms with Gasteiger partial charge in [0.25, 0.3) is 0 Å². The fourth-order valence-electron chi connectivity index (χ4n) is 3.77. The highest BCUT2D eigenvalue weighted by Gasteiger charge is 2.36. The maximum atomic E-state index is 11.7. The molecular formula is C17H34N4O2. The molecule has 2 bridgehead atoms. The molecule has 2 aliphatic heterocycles. The average molecular weight is 326 g/mol. The van der Waals surface area contributed by atoms with Gasteiger partial charge in [0.05, 0.1) is 0 Å². The van der Waals surface area contributed by atoms with Crippen LogP contribution in [0, 0.1) is 0 Å². The highest BCUT2D eigenvalue weighted by Crippen LogP contribution is 2.29. The standard InChI is InChI=1S/C17H34N4O2/c1-17(2,3)23-16(22)19-9-7-14(11-18)21-10-8-13-5-6-15(12-21)20(13)4/h13-15H,5-12,18H2,1-4H3,(H,19,22). The van der Waals surface area contributed by atoms with Gasteiger partial charge in [-0.3, -0.25) is 9.80 Å². The van der Waals surface area contributed by atoms with Gasteiger partial charge in [-0.05, 0) is 53.5 Å². The second-order valence-electron chi connectivity index (χ2n) is 7.94. The lowest BCUT2D eigenvalue weighted by Crippen LogP contribution is -2.47. The van der Waals surface area contributed by atoms with Crippen molar-refractivity contribution in [2.75, 3.05) is 33.2 Å². The summed E-state index contributed by atoms with van der Waals surface area (Å²) in [6.45, 7) is 9.07. The molecule has 0 aromatic heterocycles. The van der Waals surface area contributed by atoms with Gasteiger partial charge >= 0.3 is 6.09 Å². The summed E-state index contributed by atoms with van der Waals surface area (Å²) in [4.78, 5) is 16.8. The van der Waals surface area contributed by atoms with Crippen LogP contribution in [0.4, 0.5) is 4.79 Å². The number of carbonyl (C=O) groups excluding carboxylic acids is 1. The molecule has 2 rings (SSSR count). The first kappa shape index (κ1) is 18.5. The lowest BCUT2D eigenvalue weighted by Gasteiger charge is -2.32. The van der Waals surface area contributed by atoms with E-state index >= 15 is 0 Å². The van der Waals surface area contributed by atoms with Crippen LogP contribution >= 0.6 is 0 Å². The van der Waals surface area contributed by atoms with Crippen molar-refractivity contribution < 1.29 is 9.53 Å². The van der Waals surface area contributed by atoms with E-state index < -0.39 is 5.60 Å². The Hall–Kier alpha value is -0.850. The monoisotopic (exact) mass is 326 g/mol. The smallest absolute Gasteiger partial charge is 0.407 e. The van der Waals surface area contributed by atoms with Gasteiger partial charge in [-0.25, -0.2) is 4.79 Å². The Morgan fingerprint density at radius 1 is 1.30 bits per heavy atom. The number of nitrogens with one attached hydrogen (secondary N) is 1. The Labute approximate surface area is 140 Å². The van der Waals surface area contributed by atoms with Crippen molar-refractivity contribution in [2.45, 2.75) is 70.2 Å². The van der Waals surface area contributed by atoms with Crippen LogP contribution in [0.15, 0.2) is 0 Å². The number of amides is 1. The maximum absolute atomic E-state index is 11.7. The van der Waals surface area contributed by atoms with Crippen molar-refractivity contribution in [2.24, 2.45) is 5.73 Å². The van der Waals surface area contributed by atoms with Gasteiger partial charge in [0.15, 0.2) is 0 Å². The molecule has 0 saturated carbocycles. The topological polar surface area (TPSA) is 70.8 Å². The number of carbonyl (C=O) groups is 1. The summed E-state index contributed by atoms with van der Waals surface area (Å²) in [7, 11) is 2.26. The van der Waals surface area contributed by atoms with Crippen LogP contribution in [0.3, 0.4) is 0 Å². The summed E-state index contributed by atoms with van der Waals surface area (Å²) < 4.78 is 5.27. The number of fused-ring (bicyclic) bond motifs is 2. The molecule has 0 aromatic rings. The Morgan fingerprint density at radius 3 is 2.65 bits per heavy atom. The van der Waals surface area contributed by atoms with Gasteiger partial charge < -0.3 is 15.8 Å². The Morgan fingerprint density at radius 2 is 2.00 bits per heavy atom. The van der Waals surface area contributed by atoms with Crippen LogP contribution in [0.25, 0.3) is 0 Å². The van der Waals surface area contributed by atoms with Crippen LogP contribution in [0.2, 0.25) is 0 Å². The average Bonchev–Trinajstić information content (AvgIpc) is 2.67. The second-order valence-corrected chi connectivity index (χ2v) is 7.94. The van der Waals surface area contributed by atoms with Crippen LogP contribution in [-0.2, 0) is 4.74 Å². The number of rotatable bonds is 5. The minimum atomic E-state index is -0.452. The van der Waals surface area contributed by atoms with Gasteiger partial charge in [0.2, 0.25) is 0 Å². The van der Waals surface area contributed by atoms with Crippen molar-refractivity contribution in [3.63, 3.8) is 0 Å². The zero-order valence-corrected chi connectivity index (χ0v) is 15.2. The number of nitrogens with two attached hydrogens (primary N) is 1. The number of likely N-dealkylation sites (N-methyl/N-ethyl adjacent to an activating group) is 1. The van der Waals surface area contributed by atoms with E-state index in [4.69, 9.17) is 10.5 Å². The van der Waals surface area contributed by atoms with E-state index in [1.807, 2.05) is 20.8 Å². The van der Waals surface area contributed by atoms with Gasteiger partial charge in [-0.15, -0.1) is 0 Å².